The summed E-state index contributed by atoms with van der Waals surface area (Å²) in [5, 5.41) is 15.2. The highest BCUT2D eigenvalue weighted by atomic mass is 32.2. The summed E-state index contributed by atoms with van der Waals surface area (Å²) in [5.41, 5.74) is 3.41. The molecule has 0 saturated heterocycles. The second kappa shape index (κ2) is 8.72. The lowest BCUT2D eigenvalue weighted by Crippen LogP contribution is -2.00. The number of hydrogen-bond donors (Lipinski definition) is 1. The van der Waals surface area contributed by atoms with Crippen LogP contribution in [0.4, 0.5) is 4.39 Å². The molecule has 0 spiro atoms. The molecule has 9 heteroatoms. The maximum Gasteiger partial charge on any atom is 0.226 e. The van der Waals surface area contributed by atoms with Crippen LogP contribution in [0, 0.1) is 12.7 Å². The number of halogens is 1. The molecule has 34 heavy (non-hydrogen) atoms. The maximum atomic E-state index is 13.8. The minimum Gasteiger partial charge on any atom is -0.360 e. The Balaban J connectivity index is 1.12. The van der Waals surface area contributed by atoms with Gasteiger partial charge in [-0.05, 0) is 43.9 Å². The van der Waals surface area contributed by atoms with Crippen molar-refractivity contribution < 1.29 is 8.91 Å². The zero-order valence-corrected chi connectivity index (χ0v) is 19.5. The molecule has 1 aliphatic rings. The quantitative estimate of drug-likeness (QED) is 0.220. The van der Waals surface area contributed by atoms with Crippen molar-refractivity contribution in [3.05, 3.63) is 65.9 Å². The maximum absolute atomic E-state index is 13.8. The van der Waals surface area contributed by atoms with Crippen molar-refractivity contribution >= 4 is 22.7 Å². The summed E-state index contributed by atoms with van der Waals surface area (Å²) in [6, 6.07) is 13.7. The molecule has 1 N–H and O–H groups in total. The summed E-state index contributed by atoms with van der Waals surface area (Å²) in [4.78, 5) is 7.77. The average molecular weight is 475 g/mol. The summed E-state index contributed by atoms with van der Waals surface area (Å²) in [5.74, 6) is 2.48. The fourth-order valence-electron chi connectivity index (χ4n) is 4.07. The molecule has 1 fully saturated rings. The minimum absolute atomic E-state index is 0.271. The van der Waals surface area contributed by atoms with Crippen LogP contribution >= 0.6 is 11.8 Å². The highest BCUT2D eigenvalue weighted by Gasteiger charge is 2.30. The van der Waals surface area contributed by atoms with Crippen molar-refractivity contribution in [3.63, 3.8) is 0 Å². The number of aryl methyl sites for hydroxylation is 2. The van der Waals surface area contributed by atoms with Gasteiger partial charge in [0.2, 0.25) is 11.7 Å². The fraction of sp³-hybridized carbons (Fsp3) is 0.280. The van der Waals surface area contributed by atoms with Gasteiger partial charge in [0.05, 0.1) is 0 Å². The standard InChI is InChI=1S/C25H23FN6OS/c1-15-8-9-16(13-20(15)26)23-28-22(33-31-23)7-4-12-34-25-30-29-24(32(25)17-10-11-17)19-14-27-21-6-3-2-5-18(19)21/h2-3,5-6,8-9,13-14,17,27H,4,7,10-12H2,1H3. The van der Waals surface area contributed by atoms with Crippen LogP contribution in [0.5, 0.6) is 0 Å². The number of benzene rings is 2. The highest BCUT2D eigenvalue weighted by Crippen LogP contribution is 2.42. The van der Waals surface area contributed by atoms with Crippen LogP contribution < -0.4 is 0 Å². The molecule has 0 bridgehead atoms. The van der Waals surface area contributed by atoms with Crippen molar-refractivity contribution in [3.8, 4) is 22.8 Å². The van der Waals surface area contributed by atoms with Gasteiger partial charge in [-0.1, -0.05) is 47.3 Å². The van der Waals surface area contributed by atoms with Gasteiger partial charge in [-0.3, -0.25) is 4.57 Å². The van der Waals surface area contributed by atoms with Crippen LogP contribution in [-0.2, 0) is 6.42 Å². The molecule has 0 atom stereocenters. The summed E-state index contributed by atoms with van der Waals surface area (Å²) < 4.78 is 21.5. The van der Waals surface area contributed by atoms with Crippen molar-refractivity contribution in [1.82, 2.24) is 29.9 Å². The number of nitrogens with one attached hydrogen (secondary N) is 1. The summed E-state index contributed by atoms with van der Waals surface area (Å²) in [6.45, 7) is 1.73. The Morgan fingerprint density at radius 2 is 2.06 bits per heavy atom. The van der Waals surface area contributed by atoms with Crippen LogP contribution in [0.3, 0.4) is 0 Å². The predicted molar refractivity (Wildman–Crippen MR) is 129 cm³/mol. The normalized spacial score (nSPS) is 13.7. The highest BCUT2D eigenvalue weighted by molar-refractivity contribution is 7.99. The van der Waals surface area contributed by atoms with Gasteiger partial charge in [0, 0.05) is 46.4 Å². The van der Waals surface area contributed by atoms with E-state index < -0.39 is 0 Å². The minimum atomic E-state index is -0.271. The first-order valence-electron chi connectivity index (χ1n) is 11.4. The van der Waals surface area contributed by atoms with E-state index in [0.29, 0.717) is 35.3 Å². The van der Waals surface area contributed by atoms with E-state index in [0.717, 1.165) is 52.5 Å². The molecule has 0 unspecified atom stereocenters. The van der Waals surface area contributed by atoms with Gasteiger partial charge in [0.15, 0.2) is 11.0 Å². The lowest BCUT2D eigenvalue weighted by Gasteiger charge is -2.08. The smallest absolute Gasteiger partial charge is 0.226 e. The Labute approximate surface area is 199 Å². The molecule has 7 nitrogen and oxygen atoms in total. The van der Waals surface area contributed by atoms with Gasteiger partial charge in [0.25, 0.3) is 0 Å². The number of aromatic nitrogens is 6. The zero-order valence-electron chi connectivity index (χ0n) is 18.7. The molecule has 172 valence electrons. The molecular weight excluding hydrogens is 451 g/mol. The zero-order chi connectivity index (χ0) is 23.1. The van der Waals surface area contributed by atoms with Crippen LogP contribution in [0.25, 0.3) is 33.7 Å². The number of fused-ring (bicyclic) bond motifs is 1. The fourth-order valence-corrected chi connectivity index (χ4v) is 5.01. The van der Waals surface area contributed by atoms with Crippen molar-refractivity contribution in [1.29, 1.82) is 0 Å². The number of thioether (sulfide) groups is 1. The third kappa shape index (κ3) is 4.00. The summed E-state index contributed by atoms with van der Waals surface area (Å²) in [7, 11) is 0. The number of aromatic amines is 1. The van der Waals surface area contributed by atoms with E-state index >= 15 is 0 Å². The molecule has 0 aliphatic heterocycles. The van der Waals surface area contributed by atoms with E-state index in [1.807, 2.05) is 18.3 Å². The number of nitrogens with zero attached hydrogens (tertiary/aromatic N) is 5. The van der Waals surface area contributed by atoms with E-state index in [2.05, 4.69) is 42.0 Å². The molecule has 6 rings (SSSR count). The van der Waals surface area contributed by atoms with Gasteiger partial charge in [0.1, 0.15) is 5.82 Å². The molecule has 0 radical (unpaired) electrons. The lowest BCUT2D eigenvalue weighted by molar-refractivity contribution is 0.378. The lowest BCUT2D eigenvalue weighted by atomic mass is 10.1. The Morgan fingerprint density at radius 3 is 2.91 bits per heavy atom. The molecular formula is C25H23FN6OS. The Kier molecular flexibility index (Phi) is 5.41. The van der Waals surface area contributed by atoms with Gasteiger partial charge < -0.3 is 9.51 Å². The first-order valence-corrected chi connectivity index (χ1v) is 12.4. The number of hydrogen-bond acceptors (Lipinski definition) is 6. The van der Waals surface area contributed by atoms with Crippen molar-refractivity contribution in [2.24, 2.45) is 0 Å². The van der Waals surface area contributed by atoms with Gasteiger partial charge in [-0.15, -0.1) is 10.2 Å². The molecule has 3 aromatic heterocycles. The Bertz CT molecular complexity index is 1470. The number of H-pyrrole nitrogens is 1. The Morgan fingerprint density at radius 1 is 1.18 bits per heavy atom. The third-order valence-corrected chi connectivity index (χ3v) is 7.10. The first kappa shape index (κ1) is 21.1. The van der Waals surface area contributed by atoms with Crippen LogP contribution in [0.1, 0.15) is 36.8 Å². The van der Waals surface area contributed by atoms with E-state index in [-0.39, 0.29) is 5.82 Å². The summed E-state index contributed by atoms with van der Waals surface area (Å²) >= 11 is 1.70. The predicted octanol–water partition coefficient (Wildman–Crippen LogP) is 5.98. The van der Waals surface area contributed by atoms with Crippen molar-refractivity contribution in [2.45, 2.75) is 43.8 Å². The molecule has 3 heterocycles. The van der Waals surface area contributed by atoms with E-state index in [1.54, 1.807) is 30.8 Å². The second-order valence-corrected chi connectivity index (χ2v) is 9.65. The first-order chi connectivity index (χ1) is 16.7. The topological polar surface area (TPSA) is 85.4 Å². The Hall–Kier alpha value is -3.46. The van der Waals surface area contributed by atoms with E-state index in [1.165, 1.54) is 6.07 Å². The molecule has 0 amide bonds. The second-order valence-electron chi connectivity index (χ2n) is 8.58. The van der Waals surface area contributed by atoms with E-state index in [9.17, 15) is 4.39 Å². The molecule has 2 aromatic carbocycles. The molecule has 5 aromatic rings. The number of rotatable bonds is 8. The van der Waals surface area contributed by atoms with Crippen LogP contribution in [0.2, 0.25) is 0 Å². The van der Waals surface area contributed by atoms with Gasteiger partial charge in [-0.2, -0.15) is 4.98 Å². The largest absolute Gasteiger partial charge is 0.360 e. The van der Waals surface area contributed by atoms with Crippen LogP contribution in [0.15, 0.2) is 58.3 Å². The summed E-state index contributed by atoms with van der Waals surface area (Å²) in [6.07, 6.45) is 5.85. The number of para-hydroxylation sites is 1. The molecule has 1 saturated carbocycles. The van der Waals surface area contributed by atoms with Crippen molar-refractivity contribution in [2.75, 3.05) is 5.75 Å². The third-order valence-electron chi connectivity index (χ3n) is 6.07. The van der Waals surface area contributed by atoms with Gasteiger partial charge >= 0.3 is 0 Å². The molecule has 1 aliphatic carbocycles. The van der Waals surface area contributed by atoms with Gasteiger partial charge in [-0.25, -0.2) is 4.39 Å². The monoisotopic (exact) mass is 474 g/mol. The SMILES string of the molecule is Cc1ccc(-c2noc(CCCSc3nnc(-c4c[nH]c5ccccc45)n3C3CC3)n2)cc1F. The van der Waals surface area contributed by atoms with Crippen LogP contribution in [-0.4, -0.2) is 35.6 Å². The average Bonchev–Trinajstić information content (AvgIpc) is 3.24. The van der Waals surface area contributed by atoms with E-state index in [4.69, 9.17) is 4.52 Å².